The number of nitrogens with zero attached hydrogens (tertiary/aromatic N) is 5. The lowest BCUT2D eigenvalue weighted by atomic mass is 10.2. The number of aliphatic hydroxyl groups excluding tert-OH is 1. The molecule has 1 saturated heterocycles. The van der Waals surface area contributed by atoms with Crippen LogP contribution in [0.2, 0.25) is 5.15 Å². The number of anilines is 3. The van der Waals surface area contributed by atoms with Crippen LogP contribution in [0.1, 0.15) is 12.0 Å². The number of alkyl halides is 3. The predicted molar refractivity (Wildman–Crippen MR) is 107 cm³/mol. The van der Waals surface area contributed by atoms with Gasteiger partial charge in [0.15, 0.2) is 0 Å². The van der Waals surface area contributed by atoms with Gasteiger partial charge in [-0.2, -0.15) is 28.1 Å². The van der Waals surface area contributed by atoms with Crippen molar-refractivity contribution in [1.82, 2.24) is 19.9 Å². The summed E-state index contributed by atoms with van der Waals surface area (Å²) in [5.74, 6) is 0.539. The fourth-order valence-electron chi connectivity index (χ4n) is 2.95. The van der Waals surface area contributed by atoms with Gasteiger partial charge in [-0.25, -0.2) is 4.98 Å². The van der Waals surface area contributed by atoms with Gasteiger partial charge in [-0.1, -0.05) is 23.7 Å². The molecule has 31 heavy (non-hydrogen) atoms. The van der Waals surface area contributed by atoms with Gasteiger partial charge in [-0.15, -0.1) is 0 Å². The molecular weight excluding hydrogens is 437 g/mol. The standard InChI is InChI=1S/C19H16ClF3N6O2/c20-14-5-2-6-15(24-14)25-16-26-17(29-8-7-12(30)10-29)28-18(27-16)31-13-4-1-3-11(9-13)19(21,22)23/h1-6,9,12,30H,7-8,10H2,(H,24,25,26,27,28)/t12-/m1/s1. The first-order chi connectivity index (χ1) is 14.8. The van der Waals surface area contributed by atoms with E-state index in [-0.39, 0.29) is 28.8 Å². The molecule has 1 aliphatic rings. The number of halogens is 4. The first-order valence-electron chi connectivity index (χ1n) is 9.20. The molecule has 0 spiro atoms. The molecular formula is C19H16ClF3N6O2. The van der Waals surface area contributed by atoms with E-state index in [9.17, 15) is 18.3 Å². The summed E-state index contributed by atoms with van der Waals surface area (Å²) in [7, 11) is 0. The molecule has 8 nitrogen and oxygen atoms in total. The number of ether oxygens (including phenoxy) is 1. The summed E-state index contributed by atoms with van der Waals surface area (Å²) in [4.78, 5) is 18.5. The van der Waals surface area contributed by atoms with E-state index in [1.807, 2.05) is 0 Å². The Balaban J connectivity index is 1.66. The van der Waals surface area contributed by atoms with E-state index in [1.165, 1.54) is 12.1 Å². The Kier molecular flexibility index (Phi) is 5.79. The largest absolute Gasteiger partial charge is 0.424 e. The summed E-state index contributed by atoms with van der Waals surface area (Å²) in [6, 6.07) is 9.09. The molecule has 2 aromatic heterocycles. The molecule has 0 amide bonds. The highest BCUT2D eigenvalue weighted by molar-refractivity contribution is 6.29. The lowest BCUT2D eigenvalue weighted by molar-refractivity contribution is -0.137. The first kappa shape index (κ1) is 21.1. The van der Waals surface area contributed by atoms with Crippen LogP contribution in [0, 0.1) is 0 Å². The molecule has 1 aliphatic heterocycles. The molecule has 1 fully saturated rings. The molecule has 3 heterocycles. The van der Waals surface area contributed by atoms with Crippen molar-refractivity contribution in [3.05, 3.63) is 53.2 Å². The van der Waals surface area contributed by atoms with Crippen molar-refractivity contribution in [2.45, 2.75) is 18.7 Å². The third-order valence-electron chi connectivity index (χ3n) is 4.37. The van der Waals surface area contributed by atoms with E-state index >= 15 is 0 Å². The van der Waals surface area contributed by atoms with Crippen molar-refractivity contribution in [3.63, 3.8) is 0 Å². The number of pyridine rings is 1. The predicted octanol–water partition coefficient (Wildman–Crippen LogP) is 4.05. The number of β-amino-alcohol motifs (C(OH)–C–C–N with tert-alkyl or cyclic N) is 1. The van der Waals surface area contributed by atoms with E-state index in [0.29, 0.717) is 25.3 Å². The number of aliphatic hydroxyl groups is 1. The lowest BCUT2D eigenvalue weighted by Gasteiger charge is -2.17. The third kappa shape index (κ3) is 5.30. The van der Waals surface area contributed by atoms with Crippen LogP contribution in [0.3, 0.4) is 0 Å². The van der Waals surface area contributed by atoms with E-state index in [4.69, 9.17) is 16.3 Å². The van der Waals surface area contributed by atoms with E-state index in [0.717, 1.165) is 12.1 Å². The number of nitrogens with one attached hydrogen (secondary N) is 1. The van der Waals surface area contributed by atoms with E-state index in [2.05, 4.69) is 25.3 Å². The molecule has 162 valence electrons. The highest BCUT2D eigenvalue weighted by atomic mass is 35.5. The van der Waals surface area contributed by atoms with Crippen LogP contribution in [0.25, 0.3) is 0 Å². The normalized spacial score (nSPS) is 16.4. The maximum Gasteiger partial charge on any atom is 0.416 e. The Labute approximate surface area is 179 Å². The monoisotopic (exact) mass is 452 g/mol. The zero-order valence-corrected chi connectivity index (χ0v) is 16.6. The molecule has 1 aromatic carbocycles. The van der Waals surface area contributed by atoms with Crippen LogP contribution < -0.4 is 15.0 Å². The zero-order chi connectivity index (χ0) is 22.0. The Hall–Kier alpha value is -3.18. The van der Waals surface area contributed by atoms with Crippen LogP contribution in [-0.2, 0) is 6.18 Å². The number of rotatable bonds is 5. The lowest BCUT2D eigenvalue weighted by Crippen LogP contribution is -2.24. The van der Waals surface area contributed by atoms with Crippen LogP contribution in [0.5, 0.6) is 11.8 Å². The number of hydrogen-bond acceptors (Lipinski definition) is 8. The van der Waals surface area contributed by atoms with Crippen LogP contribution in [0.15, 0.2) is 42.5 Å². The quantitative estimate of drug-likeness (QED) is 0.560. The topological polar surface area (TPSA) is 96.3 Å². The maximum absolute atomic E-state index is 13.0. The minimum atomic E-state index is -4.51. The van der Waals surface area contributed by atoms with Gasteiger partial charge in [0.05, 0.1) is 11.7 Å². The van der Waals surface area contributed by atoms with Gasteiger partial charge in [0.1, 0.15) is 16.7 Å². The minimum Gasteiger partial charge on any atom is -0.424 e. The van der Waals surface area contributed by atoms with Crippen molar-refractivity contribution >= 4 is 29.3 Å². The maximum atomic E-state index is 13.0. The molecule has 0 radical (unpaired) electrons. The van der Waals surface area contributed by atoms with Gasteiger partial charge in [-0.05, 0) is 36.8 Å². The van der Waals surface area contributed by atoms with Crippen molar-refractivity contribution in [3.8, 4) is 11.8 Å². The van der Waals surface area contributed by atoms with Gasteiger partial charge in [-0.3, -0.25) is 0 Å². The van der Waals surface area contributed by atoms with Crippen LogP contribution in [-0.4, -0.2) is 44.2 Å². The fraction of sp³-hybridized carbons (Fsp3) is 0.263. The Bertz CT molecular complexity index is 1080. The SMILES string of the molecule is O[C@@H]1CCN(c2nc(Nc3cccc(Cl)n3)nc(Oc3cccc(C(F)(F)F)c3)n2)C1. The molecule has 0 saturated carbocycles. The average molecular weight is 453 g/mol. The molecule has 4 rings (SSSR count). The second-order valence-electron chi connectivity index (χ2n) is 6.73. The number of aromatic nitrogens is 4. The summed E-state index contributed by atoms with van der Waals surface area (Å²) >= 11 is 5.90. The van der Waals surface area contributed by atoms with Gasteiger partial charge < -0.3 is 20.1 Å². The highest BCUT2D eigenvalue weighted by Crippen LogP contribution is 2.32. The van der Waals surface area contributed by atoms with E-state index < -0.39 is 17.8 Å². The second-order valence-corrected chi connectivity index (χ2v) is 7.12. The van der Waals surface area contributed by atoms with Crippen molar-refractivity contribution in [2.75, 3.05) is 23.3 Å². The summed E-state index contributed by atoms with van der Waals surface area (Å²) in [6.07, 6.45) is -4.51. The Morgan fingerprint density at radius 2 is 1.90 bits per heavy atom. The van der Waals surface area contributed by atoms with Crippen molar-refractivity contribution < 1.29 is 23.0 Å². The van der Waals surface area contributed by atoms with Gasteiger partial charge in [0.2, 0.25) is 11.9 Å². The van der Waals surface area contributed by atoms with Crippen LogP contribution in [0.4, 0.5) is 30.9 Å². The number of hydrogen-bond donors (Lipinski definition) is 2. The first-order valence-corrected chi connectivity index (χ1v) is 9.58. The molecule has 3 aromatic rings. The average Bonchev–Trinajstić information content (AvgIpc) is 3.14. The Morgan fingerprint density at radius 1 is 1.10 bits per heavy atom. The summed E-state index contributed by atoms with van der Waals surface area (Å²) in [5, 5.41) is 12.9. The zero-order valence-electron chi connectivity index (χ0n) is 15.8. The molecule has 12 heteroatoms. The van der Waals surface area contributed by atoms with Gasteiger partial charge in [0.25, 0.3) is 0 Å². The summed E-state index contributed by atoms with van der Waals surface area (Å²) in [5.41, 5.74) is -0.858. The number of benzene rings is 1. The molecule has 1 atom stereocenters. The minimum absolute atomic E-state index is 0.0585. The third-order valence-corrected chi connectivity index (χ3v) is 4.59. The summed E-state index contributed by atoms with van der Waals surface area (Å²) in [6.45, 7) is 0.810. The second kappa shape index (κ2) is 8.52. The molecule has 0 unspecified atom stereocenters. The molecule has 0 aliphatic carbocycles. The van der Waals surface area contributed by atoms with Crippen LogP contribution >= 0.6 is 11.6 Å². The van der Waals surface area contributed by atoms with E-state index in [1.54, 1.807) is 23.1 Å². The van der Waals surface area contributed by atoms with Gasteiger partial charge >= 0.3 is 12.2 Å². The fourth-order valence-corrected chi connectivity index (χ4v) is 3.11. The van der Waals surface area contributed by atoms with Gasteiger partial charge in [0, 0.05) is 13.1 Å². The summed E-state index contributed by atoms with van der Waals surface area (Å²) < 4.78 is 44.5. The highest BCUT2D eigenvalue weighted by Gasteiger charge is 2.31. The van der Waals surface area contributed by atoms with Crippen molar-refractivity contribution in [2.24, 2.45) is 0 Å². The smallest absolute Gasteiger partial charge is 0.416 e. The molecule has 0 bridgehead atoms. The van der Waals surface area contributed by atoms with Crippen molar-refractivity contribution in [1.29, 1.82) is 0 Å². The molecule has 2 N–H and O–H groups in total. The Morgan fingerprint density at radius 3 is 2.61 bits per heavy atom.